The largest absolute Gasteiger partial charge is 0.478 e. The Morgan fingerprint density at radius 2 is 1.63 bits per heavy atom. The minimum Gasteiger partial charge on any atom is -0.478 e. The van der Waals surface area contributed by atoms with Gasteiger partial charge in [0.1, 0.15) is 0 Å². The van der Waals surface area contributed by atoms with Gasteiger partial charge in [-0.25, -0.2) is 4.79 Å². The van der Waals surface area contributed by atoms with E-state index >= 15 is 0 Å². The molecule has 0 atom stereocenters. The van der Waals surface area contributed by atoms with Gasteiger partial charge in [0.15, 0.2) is 0 Å². The molecule has 0 unspecified atom stereocenters. The smallest absolute Gasteiger partial charge is 0.335 e. The number of rotatable bonds is 1. The van der Waals surface area contributed by atoms with Crippen LogP contribution in [0.15, 0.2) is 40.9 Å². The molecule has 0 spiro atoms. The third-order valence-electron chi connectivity index (χ3n) is 3.88. The summed E-state index contributed by atoms with van der Waals surface area (Å²) < 4.78 is 1.05. The lowest BCUT2D eigenvalue weighted by molar-refractivity contribution is 0.0697. The second-order valence-electron chi connectivity index (χ2n) is 5.38. The van der Waals surface area contributed by atoms with E-state index in [1.807, 2.05) is 12.1 Å². The SMILES string of the molecule is CC1(C)c2cc(Br)ccc2-c2ccc(C(=O)O)cc21. The first-order valence-corrected chi connectivity index (χ1v) is 6.89. The molecule has 0 saturated heterocycles. The van der Waals surface area contributed by atoms with Crippen LogP contribution in [0, 0.1) is 0 Å². The number of halogens is 1. The predicted molar refractivity (Wildman–Crippen MR) is 78.7 cm³/mol. The van der Waals surface area contributed by atoms with Gasteiger partial charge in [0.05, 0.1) is 5.56 Å². The molecule has 0 bridgehead atoms. The monoisotopic (exact) mass is 316 g/mol. The van der Waals surface area contributed by atoms with Gasteiger partial charge >= 0.3 is 5.97 Å². The van der Waals surface area contributed by atoms with E-state index in [-0.39, 0.29) is 5.41 Å². The number of carbonyl (C=O) groups is 1. The molecule has 1 aliphatic carbocycles. The lowest BCUT2D eigenvalue weighted by Crippen LogP contribution is -2.15. The maximum absolute atomic E-state index is 11.1. The summed E-state index contributed by atoms with van der Waals surface area (Å²) in [4.78, 5) is 11.1. The van der Waals surface area contributed by atoms with Crippen molar-refractivity contribution in [3.05, 3.63) is 57.6 Å². The Kier molecular flexibility index (Phi) is 2.58. The molecule has 1 N–H and O–H groups in total. The zero-order valence-corrected chi connectivity index (χ0v) is 12.3. The third-order valence-corrected chi connectivity index (χ3v) is 4.38. The fourth-order valence-electron chi connectivity index (χ4n) is 2.84. The van der Waals surface area contributed by atoms with Crippen molar-refractivity contribution in [2.75, 3.05) is 0 Å². The Bertz CT molecular complexity index is 702. The predicted octanol–water partition coefficient (Wildman–Crippen LogP) is 4.45. The van der Waals surface area contributed by atoms with Crippen LogP contribution in [0.25, 0.3) is 11.1 Å². The van der Waals surface area contributed by atoms with E-state index in [9.17, 15) is 4.79 Å². The molecule has 0 radical (unpaired) electrons. The summed E-state index contributed by atoms with van der Waals surface area (Å²) in [7, 11) is 0. The van der Waals surface area contributed by atoms with E-state index in [1.165, 1.54) is 11.1 Å². The standard InChI is InChI=1S/C16H13BrO2/c1-16(2)13-7-9(15(18)19)3-5-11(13)12-6-4-10(17)8-14(12)16/h3-8H,1-2H3,(H,18,19). The normalized spacial score (nSPS) is 14.9. The van der Waals surface area contributed by atoms with Crippen LogP contribution in [-0.2, 0) is 5.41 Å². The number of carboxylic acids is 1. The molecule has 0 aromatic heterocycles. The number of fused-ring (bicyclic) bond motifs is 3. The summed E-state index contributed by atoms with van der Waals surface area (Å²) in [6, 6.07) is 11.6. The summed E-state index contributed by atoms with van der Waals surface area (Å²) in [6.07, 6.45) is 0. The summed E-state index contributed by atoms with van der Waals surface area (Å²) in [5, 5.41) is 9.14. The van der Waals surface area contributed by atoms with Crippen LogP contribution in [0.2, 0.25) is 0 Å². The summed E-state index contributed by atoms with van der Waals surface area (Å²) in [5.74, 6) is -0.879. The van der Waals surface area contributed by atoms with Crippen LogP contribution < -0.4 is 0 Å². The molecular formula is C16H13BrO2. The molecule has 19 heavy (non-hydrogen) atoms. The Labute approximate surface area is 120 Å². The van der Waals surface area contributed by atoms with Crippen LogP contribution in [0.4, 0.5) is 0 Å². The molecule has 0 fully saturated rings. The molecule has 2 aromatic rings. The van der Waals surface area contributed by atoms with Crippen molar-refractivity contribution in [1.82, 2.24) is 0 Å². The maximum Gasteiger partial charge on any atom is 0.335 e. The average molecular weight is 317 g/mol. The first-order valence-electron chi connectivity index (χ1n) is 6.09. The van der Waals surface area contributed by atoms with Gasteiger partial charge in [-0.05, 0) is 46.5 Å². The molecule has 0 aliphatic heterocycles. The average Bonchev–Trinajstić information content (AvgIpc) is 2.58. The molecular weight excluding hydrogens is 304 g/mol. The zero-order valence-electron chi connectivity index (χ0n) is 10.7. The quantitative estimate of drug-likeness (QED) is 0.843. The molecule has 3 heteroatoms. The highest BCUT2D eigenvalue weighted by Gasteiger charge is 2.35. The van der Waals surface area contributed by atoms with Gasteiger partial charge in [0.2, 0.25) is 0 Å². The minimum atomic E-state index is -0.879. The topological polar surface area (TPSA) is 37.3 Å². The van der Waals surface area contributed by atoms with E-state index in [0.29, 0.717) is 5.56 Å². The van der Waals surface area contributed by atoms with E-state index in [1.54, 1.807) is 12.1 Å². The van der Waals surface area contributed by atoms with Crippen molar-refractivity contribution < 1.29 is 9.90 Å². The number of carboxylic acid groups (broad SMARTS) is 1. The molecule has 1 aliphatic rings. The van der Waals surface area contributed by atoms with Gasteiger partial charge in [0, 0.05) is 9.89 Å². The second-order valence-corrected chi connectivity index (χ2v) is 6.30. The van der Waals surface area contributed by atoms with Crippen LogP contribution in [0.3, 0.4) is 0 Å². The molecule has 0 saturated carbocycles. The van der Waals surface area contributed by atoms with E-state index < -0.39 is 5.97 Å². The van der Waals surface area contributed by atoms with Gasteiger partial charge < -0.3 is 5.11 Å². The molecule has 96 valence electrons. The summed E-state index contributed by atoms with van der Waals surface area (Å²) in [6.45, 7) is 4.27. The fraction of sp³-hybridized carbons (Fsp3) is 0.188. The molecule has 0 heterocycles. The Morgan fingerprint density at radius 1 is 1.05 bits per heavy atom. The molecule has 3 rings (SSSR count). The van der Waals surface area contributed by atoms with Crippen molar-refractivity contribution in [3.63, 3.8) is 0 Å². The van der Waals surface area contributed by atoms with Crippen LogP contribution in [0.5, 0.6) is 0 Å². The highest BCUT2D eigenvalue weighted by Crippen LogP contribution is 2.49. The Balaban J connectivity index is 2.30. The highest BCUT2D eigenvalue weighted by molar-refractivity contribution is 9.10. The van der Waals surface area contributed by atoms with Gasteiger partial charge in [-0.3, -0.25) is 0 Å². The lowest BCUT2D eigenvalue weighted by Gasteiger charge is -2.21. The summed E-state index contributed by atoms with van der Waals surface area (Å²) >= 11 is 3.50. The van der Waals surface area contributed by atoms with Crippen molar-refractivity contribution in [2.24, 2.45) is 0 Å². The van der Waals surface area contributed by atoms with Gasteiger partial charge in [-0.1, -0.05) is 41.9 Å². The first kappa shape index (κ1) is 12.4. The number of benzene rings is 2. The Morgan fingerprint density at radius 3 is 2.26 bits per heavy atom. The zero-order chi connectivity index (χ0) is 13.8. The van der Waals surface area contributed by atoms with E-state index in [4.69, 9.17) is 5.11 Å². The highest BCUT2D eigenvalue weighted by atomic mass is 79.9. The van der Waals surface area contributed by atoms with Crippen molar-refractivity contribution in [3.8, 4) is 11.1 Å². The minimum absolute atomic E-state index is 0.167. The van der Waals surface area contributed by atoms with Crippen LogP contribution in [0.1, 0.15) is 35.3 Å². The number of hydrogen-bond acceptors (Lipinski definition) is 1. The van der Waals surface area contributed by atoms with Crippen molar-refractivity contribution >= 4 is 21.9 Å². The van der Waals surface area contributed by atoms with E-state index in [0.717, 1.165) is 15.6 Å². The van der Waals surface area contributed by atoms with Crippen molar-refractivity contribution in [1.29, 1.82) is 0 Å². The van der Waals surface area contributed by atoms with Gasteiger partial charge in [0.25, 0.3) is 0 Å². The van der Waals surface area contributed by atoms with E-state index in [2.05, 4.69) is 41.9 Å². The van der Waals surface area contributed by atoms with Crippen LogP contribution in [-0.4, -0.2) is 11.1 Å². The summed E-state index contributed by atoms with van der Waals surface area (Å²) in [5.41, 5.74) is 4.83. The Hall–Kier alpha value is -1.61. The molecule has 0 amide bonds. The lowest BCUT2D eigenvalue weighted by atomic mass is 9.82. The molecule has 2 aromatic carbocycles. The number of hydrogen-bond donors (Lipinski definition) is 1. The second kappa shape index (κ2) is 3.94. The van der Waals surface area contributed by atoms with Crippen molar-refractivity contribution in [2.45, 2.75) is 19.3 Å². The first-order chi connectivity index (χ1) is 8.91. The number of aromatic carboxylic acids is 1. The maximum atomic E-state index is 11.1. The van der Waals surface area contributed by atoms with Gasteiger partial charge in [-0.2, -0.15) is 0 Å². The van der Waals surface area contributed by atoms with Gasteiger partial charge in [-0.15, -0.1) is 0 Å². The third kappa shape index (κ3) is 1.72. The molecule has 2 nitrogen and oxygen atoms in total. The van der Waals surface area contributed by atoms with Crippen LogP contribution >= 0.6 is 15.9 Å². The fourth-order valence-corrected chi connectivity index (χ4v) is 3.20.